The predicted molar refractivity (Wildman–Crippen MR) is 121 cm³/mol. The molecule has 2 amide bonds. The summed E-state index contributed by atoms with van der Waals surface area (Å²) >= 11 is 0. The molecule has 1 aliphatic heterocycles. The summed E-state index contributed by atoms with van der Waals surface area (Å²) in [6.07, 6.45) is 3.42. The molecule has 1 fully saturated rings. The zero-order valence-electron chi connectivity index (χ0n) is 18.9. The van der Waals surface area contributed by atoms with Gasteiger partial charge in [0.15, 0.2) is 0 Å². The first kappa shape index (κ1) is 23.7. The van der Waals surface area contributed by atoms with Gasteiger partial charge in [-0.1, -0.05) is 13.8 Å². The molecule has 1 saturated heterocycles. The number of aromatic amines is 1. The number of fused-ring (bicyclic) bond motifs is 1. The molecule has 0 spiro atoms. The van der Waals surface area contributed by atoms with Crippen LogP contribution < -0.4 is 5.32 Å². The first-order chi connectivity index (χ1) is 16.1. The highest BCUT2D eigenvalue weighted by Crippen LogP contribution is 2.30. The zero-order valence-corrected chi connectivity index (χ0v) is 18.9. The molecule has 0 unspecified atom stereocenters. The number of hydrogen-bond acceptors (Lipinski definition) is 4. The number of amides is 2. The standard InChI is InChI=1S/C24H26F3N5O2/c1-14(2)18(22(33)31-13-24(25,26)27)7-15-6-16(10-28-9-15)20-12-30-21-19(20)8-17(11-29-21)23(34)32-4-3-5-32/h6,8-12,14,18H,3-5,7,13H2,1-2H3,(H,29,30)(H,31,33)/t18-/m1/s1. The van der Waals surface area contributed by atoms with E-state index in [1.165, 1.54) is 0 Å². The number of nitrogens with zero attached hydrogens (tertiary/aromatic N) is 3. The molecule has 7 nitrogen and oxygen atoms in total. The number of H-pyrrole nitrogens is 1. The largest absolute Gasteiger partial charge is 0.405 e. The fourth-order valence-corrected chi connectivity index (χ4v) is 4.01. The molecule has 0 bridgehead atoms. The maximum atomic E-state index is 12.6. The molecule has 0 aromatic carbocycles. The van der Waals surface area contributed by atoms with E-state index in [0.717, 1.165) is 41.6 Å². The van der Waals surface area contributed by atoms with Crippen molar-refractivity contribution < 1.29 is 22.8 Å². The van der Waals surface area contributed by atoms with Crippen molar-refractivity contribution in [1.29, 1.82) is 0 Å². The third-order valence-corrected chi connectivity index (χ3v) is 6.09. The number of halogens is 3. The van der Waals surface area contributed by atoms with Crippen LogP contribution >= 0.6 is 0 Å². The van der Waals surface area contributed by atoms with Crippen molar-refractivity contribution in [1.82, 2.24) is 25.2 Å². The minimum atomic E-state index is -4.46. The summed E-state index contributed by atoms with van der Waals surface area (Å²) in [6.45, 7) is 3.75. The number of carbonyl (C=O) groups excluding carboxylic acids is 2. The van der Waals surface area contributed by atoms with E-state index >= 15 is 0 Å². The summed E-state index contributed by atoms with van der Waals surface area (Å²) in [4.78, 5) is 38.6. The fraction of sp³-hybridized carbons (Fsp3) is 0.417. The van der Waals surface area contributed by atoms with Crippen LogP contribution in [0.15, 0.2) is 36.9 Å². The number of alkyl halides is 3. The number of likely N-dealkylation sites (tertiary alicyclic amines) is 1. The summed E-state index contributed by atoms with van der Waals surface area (Å²) in [5.74, 6) is -1.48. The van der Waals surface area contributed by atoms with Crippen molar-refractivity contribution in [2.45, 2.75) is 32.9 Å². The van der Waals surface area contributed by atoms with Crippen LogP contribution in [0.3, 0.4) is 0 Å². The Labute approximate surface area is 194 Å². The lowest BCUT2D eigenvalue weighted by Crippen LogP contribution is -2.42. The second-order valence-corrected chi connectivity index (χ2v) is 8.94. The average molecular weight is 473 g/mol. The molecule has 4 rings (SSSR count). The summed E-state index contributed by atoms with van der Waals surface area (Å²) in [6, 6.07) is 3.68. The normalized spacial score (nSPS) is 14.8. The Morgan fingerprint density at radius 1 is 1.18 bits per heavy atom. The predicted octanol–water partition coefficient (Wildman–Crippen LogP) is 3.96. The highest BCUT2D eigenvalue weighted by Gasteiger charge is 2.30. The molecular weight excluding hydrogens is 447 g/mol. The Balaban J connectivity index is 1.58. The number of nitrogens with one attached hydrogen (secondary N) is 2. The van der Waals surface area contributed by atoms with E-state index in [1.807, 2.05) is 17.4 Å². The first-order valence-corrected chi connectivity index (χ1v) is 11.2. The van der Waals surface area contributed by atoms with E-state index < -0.39 is 24.5 Å². The number of hydrogen-bond donors (Lipinski definition) is 2. The zero-order chi connectivity index (χ0) is 24.5. The van der Waals surface area contributed by atoms with Crippen molar-refractivity contribution >= 4 is 22.8 Å². The third kappa shape index (κ3) is 5.21. The van der Waals surface area contributed by atoms with Gasteiger partial charge in [-0.25, -0.2) is 4.98 Å². The van der Waals surface area contributed by atoms with E-state index in [-0.39, 0.29) is 18.2 Å². The van der Waals surface area contributed by atoms with Crippen molar-refractivity contribution in [2.75, 3.05) is 19.6 Å². The molecule has 10 heteroatoms. The smallest absolute Gasteiger partial charge is 0.347 e. The topological polar surface area (TPSA) is 91.0 Å². The molecule has 2 N–H and O–H groups in total. The van der Waals surface area contributed by atoms with Gasteiger partial charge in [0.05, 0.1) is 5.56 Å². The van der Waals surface area contributed by atoms with Gasteiger partial charge in [-0.15, -0.1) is 0 Å². The van der Waals surface area contributed by atoms with E-state index in [9.17, 15) is 22.8 Å². The number of pyridine rings is 2. The van der Waals surface area contributed by atoms with Crippen LogP contribution in [0.4, 0.5) is 13.2 Å². The number of rotatable bonds is 7. The maximum Gasteiger partial charge on any atom is 0.405 e. The Hall–Kier alpha value is -3.43. The Kier molecular flexibility index (Phi) is 6.58. The summed E-state index contributed by atoms with van der Waals surface area (Å²) in [5, 5.41) is 2.76. The molecule has 34 heavy (non-hydrogen) atoms. The maximum absolute atomic E-state index is 12.6. The highest BCUT2D eigenvalue weighted by atomic mass is 19.4. The fourth-order valence-electron chi connectivity index (χ4n) is 4.01. The van der Waals surface area contributed by atoms with Crippen LogP contribution in [0.1, 0.15) is 36.2 Å². The first-order valence-electron chi connectivity index (χ1n) is 11.2. The lowest BCUT2D eigenvalue weighted by atomic mass is 9.88. The van der Waals surface area contributed by atoms with Gasteiger partial charge >= 0.3 is 6.18 Å². The van der Waals surface area contributed by atoms with E-state index in [2.05, 4.69) is 15.0 Å². The summed E-state index contributed by atoms with van der Waals surface area (Å²) in [7, 11) is 0. The molecule has 3 aromatic heterocycles. The number of aromatic nitrogens is 3. The lowest BCUT2D eigenvalue weighted by molar-refractivity contribution is -0.141. The van der Waals surface area contributed by atoms with Crippen LogP contribution in [0.5, 0.6) is 0 Å². The van der Waals surface area contributed by atoms with Crippen LogP contribution in [-0.4, -0.2) is 57.5 Å². The van der Waals surface area contributed by atoms with Crippen LogP contribution in [0.25, 0.3) is 22.2 Å². The second kappa shape index (κ2) is 9.44. The van der Waals surface area contributed by atoms with Gasteiger partial charge in [0.2, 0.25) is 5.91 Å². The molecule has 0 saturated carbocycles. The lowest BCUT2D eigenvalue weighted by Gasteiger charge is -2.30. The van der Waals surface area contributed by atoms with Crippen LogP contribution in [-0.2, 0) is 11.2 Å². The van der Waals surface area contributed by atoms with Gasteiger partial charge in [0.25, 0.3) is 5.91 Å². The average Bonchev–Trinajstić information content (AvgIpc) is 3.17. The molecule has 1 aliphatic rings. The van der Waals surface area contributed by atoms with Crippen molar-refractivity contribution in [2.24, 2.45) is 11.8 Å². The van der Waals surface area contributed by atoms with Gasteiger partial charge in [-0.2, -0.15) is 13.2 Å². The SMILES string of the molecule is CC(C)[C@@H](Cc1cncc(-c2c[nH]c3ncc(C(=O)N4CCC4)cc23)c1)C(=O)NCC(F)(F)F. The highest BCUT2D eigenvalue weighted by molar-refractivity contribution is 6.01. The summed E-state index contributed by atoms with van der Waals surface area (Å²) in [5.41, 5.74) is 3.44. The van der Waals surface area contributed by atoms with E-state index in [1.54, 1.807) is 43.5 Å². The minimum absolute atomic E-state index is 0.0516. The van der Waals surface area contributed by atoms with E-state index in [4.69, 9.17) is 0 Å². The second-order valence-electron chi connectivity index (χ2n) is 8.94. The molecule has 0 radical (unpaired) electrons. The molecule has 4 heterocycles. The third-order valence-electron chi connectivity index (χ3n) is 6.09. The van der Waals surface area contributed by atoms with Crippen LogP contribution in [0, 0.1) is 11.8 Å². The van der Waals surface area contributed by atoms with Gasteiger partial charge in [0.1, 0.15) is 12.2 Å². The van der Waals surface area contributed by atoms with Gasteiger partial charge in [0, 0.05) is 60.3 Å². The van der Waals surface area contributed by atoms with Crippen molar-refractivity contribution in [3.05, 3.63) is 48.0 Å². The molecule has 180 valence electrons. The van der Waals surface area contributed by atoms with E-state index in [0.29, 0.717) is 11.2 Å². The molecule has 1 atom stereocenters. The Morgan fingerprint density at radius 3 is 2.59 bits per heavy atom. The quantitative estimate of drug-likeness (QED) is 0.544. The van der Waals surface area contributed by atoms with Gasteiger partial charge in [-0.3, -0.25) is 14.6 Å². The van der Waals surface area contributed by atoms with Crippen molar-refractivity contribution in [3.63, 3.8) is 0 Å². The summed E-state index contributed by atoms with van der Waals surface area (Å²) < 4.78 is 37.6. The van der Waals surface area contributed by atoms with Gasteiger partial charge in [-0.05, 0) is 36.5 Å². The minimum Gasteiger partial charge on any atom is -0.347 e. The van der Waals surface area contributed by atoms with Crippen molar-refractivity contribution in [3.8, 4) is 11.1 Å². The molecule has 3 aromatic rings. The monoisotopic (exact) mass is 473 g/mol. The van der Waals surface area contributed by atoms with Gasteiger partial charge < -0.3 is 15.2 Å². The Bertz CT molecular complexity index is 1200. The number of carbonyl (C=O) groups is 2. The Morgan fingerprint density at radius 2 is 1.94 bits per heavy atom. The molecular formula is C24H26F3N5O2. The molecule has 0 aliphatic carbocycles. The van der Waals surface area contributed by atoms with Crippen LogP contribution in [0.2, 0.25) is 0 Å².